The molecule has 1 aromatic rings. The van der Waals surface area contributed by atoms with Crippen LogP contribution in [0, 0.1) is 0 Å². The first-order valence-corrected chi connectivity index (χ1v) is 9.46. The van der Waals surface area contributed by atoms with Crippen LogP contribution in [0.15, 0.2) is 29.2 Å². The summed E-state index contributed by atoms with van der Waals surface area (Å²) in [5.41, 5.74) is 0.364. The lowest BCUT2D eigenvalue weighted by Gasteiger charge is -2.18. The van der Waals surface area contributed by atoms with E-state index in [9.17, 15) is 18.0 Å². The highest BCUT2D eigenvalue weighted by molar-refractivity contribution is 7.89. The molecule has 1 fully saturated rings. The van der Waals surface area contributed by atoms with Gasteiger partial charge in [0.15, 0.2) is 0 Å². The van der Waals surface area contributed by atoms with Crippen molar-refractivity contribution >= 4 is 21.8 Å². The first-order valence-electron chi connectivity index (χ1n) is 7.98. The third-order valence-electron chi connectivity index (χ3n) is 4.08. The number of nitrogens with one attached hydrogen (secondary N) is 3. The predicted molar refractivity (Wildman–Crippen MR) is 90.0 cm³/mol. The summed E-state index contributed by atoms with van der Waals surface area (Å²) < 4.78 is 27.1. The third kappa shape index (κ3) is 4.55. The molecule has 8 heteroatoms. The van der Waals surface area contributed by atoms with Crippen molar-refractivity contribution in [3.8, 4) is 0 Å². The van der Waals surface area contributed by atoms with E-state index in [0.717, 1.165) is 25.7 Å². The van der Waals surface area contributed by atoms with E-state index in [1.165, 1.54) is 38.2 Å². The summed E-state index contributed by atoms with van der Waals surface area (Å²) in [4.78, 5) is 23.6. The first-order chi connectivity index (χ1) is 11.3. The summed E-state index contributed by atoms with van der Waals surface area (Å²) in [5, 5.41) is 5.33. The molecule has 132 valence electrons. The fourth-order valence-corrected chi connectivity index (χ4v) is 3.88. The Morgan fingerprint density at radius 2 is 1.71 bits per heavy atom. The quantitative estimate of drug-likeness (QED) is 0.703. The lowest BCUT2D eigenvalue weighted by Crippen LogP contribution is -2.47. The highest BCUT2D eigenvalue weighted by atomic mass is 32.2. The van der Waals surface area contributed by atoms with Gasteiger partial charge < -0.3 is 10.6 Å². The monoisotopic (exact) mass is 353 g/mol. The second-order valence-corrected chi connectivity index (χ2v) is 7.65. The number of benzene rings is 1. The van der Waals surface area contributed by atoms with E-state index in [1.54, 1.807) is 0 Å². The maximum atomic E-state index is 12.3. The molecule has 0 aromatic heterocycles. The van der Waals surface area contributed by atoms with E-state index in [4.69, 9.17) is 0 Å². The Bertz CT molecular complexity index is 695. The molecule has 1 aliphatic carbocycles. The summed E-state index contributed by atoms with van der Waals surface area (Å²) in [6, 6.07) is 4.81. The molecular weight excluding hydrogens is 330 g/mol. The number of hydrogen-bond acceptors (Lipinski definition) is 4. The number of carbonyl (C=O) groups excluding carboxylic acids is 2. The van der Waals surface area contributed by atoms with Crippen LogP contribution in [0.25, 0.3) is 0 Å². The third-order valence-corrected chi connectivity index (χ3v) is 5.64. The topological polar surface area (TPSA) is 104 Å². The number of rotatable bonds is 6. The zero-order chi connectivity index (χ0) is 17.7. The summed E-state index contributed by atoms with van der Waals surface area (Å²) in [5.74, 6) is -0.622. The minimum absolute atomic E-state index is 0.00988. The molecule has 0 bridgehead atoms. The second kappa shape index (κ2) is 7.76. The summed E-state index contributed by atoms with van der Waals surface area (Å²) in [7, 11) is -2.33. The molecule has 3 N–H and O–H groups in total. The SMILES string of the molecule is CNC(=O)c1ccc(S(=O)(=O)NC(C)C(=O)NC2CCCC2)cc1. The van der Waals surface area contributed by atoms with Crippen molar-refractivity contribution in [1.82, 2.24) is 15.4 Å². The fraction of sp³-hybridized carbons (Fsp3) is 0.500. The van der Waals surface area contributed by atoms with Crippen LogP contribution in [0.3, 0.4) is 0 Å². The molecule has 24 heavy (non-hydrogen) atoms. The average Bonchev–Trinajstić information content (AvgIpc) is 3.06. The number of hydrogen-bond donors (Lipinski definition) is 3. The molecule has 0 spiro atoms. The minimum atomic E-state index is -3.83. The van der Waals surface area contributed by atoms with Gasteiger partial charge in [-0.15, -0.1) is 0 Å². The Hall–Kier alpha value is -1.93. The van der Waals surface area contributed by atoms with Crippen molar-refractivity contribution in [3.63, 3.8) is 0 Å². The van der Waals surface area contributed by atoms with Crippen LogP contribution in [0.2, 0.25) is 0 Å². The van der Waals surface area contributed by atoms with Crippen molar-refractivity contribution in [2.45, 2.75) is 49.6 Å². The van der Waals surface area contributed by atoms with Crippen molar-refractivity contribution in [3.05, 3.63) is 29.8 Å². The van der Waals surface area contributed by atoms with Crippen molar-refractivity contribution in [1.29, 1.82) is 0 Å². The van der Waals surface area contributed by atoms with Crippen LogP contribution in [0.1, 0.15) is 43.0 Å². The first kappa shape index (κ1) is 18.4. The lowest BCUT2D eigenvalue weighted by atomic mass is 10.2. The largest absolute Gasteiger partial charge is 0.355 e. The number of amides is 2. The molecule has 1 aromatic carbocycles. The van der Waals surface area contributed by atoms with Crippen molar-refractivity contribution in [2.24, 2.45) is 0 Å². The summed E-state index contributed by atoms with van der Waals surface area (Å²) >= 11 is 0. The predicted octanol–water partition coefficient (Wildman–Crippen LogP) is 0.772. The fourth-order valence-electron chi connectivity index (χ4n) is 2.68. The van der Waals surface area contributed by atoms with Gasteiger partial charge in [0, 0.05) is 18.7 Å². The van der Waals surface area contributed by atoms with E-state index in [1.807, 2.05) is 0 Å². The van der Waals surface area contributed by atoms with Gasteiger partial charge in [-0.05, 0) is 44.0 Å². The molecule has 1 saturated carbocycles. The van der Waals surface area contributed by atoms with Crippen LogP contribution in [-0.2, 0) is 14.8 Å². The average molecular weight is 353 g/mol. The summed E-state index contributed by atoms with van der Waals surface area (Å²) in [6.07, 6.45) is 4.05. The van der Waals surface area contributed by atoms with Gasteiger partial charge in [0.05, 0.1) is 10.9 Å². The Morgan fingerprint density at radius 3 is 2.25 bits per heavy atom. The smallest absolute Gasteiger partial charge is 0.251 e. The standard InChI is InChI=1S/C16H23N3O4S/c1-11(15(20)18-13-5-3-4-6-13)19-24(22,23)14-9-7-12(8-10-14)16(21)17-2/h7-11,13,19H,3-6H2,1-2H3,(H,17,21)(H,18,20). The Kier molecular flexibility index (Phi) is 5.95. The van der Waals surface area contributed by atoms with Crippen LogP contribution in [0.5, 0.6) is 0 Å². The van der Waals surface area contributed by atoms with Gasteiger partial charge in [-0.2, -0.15) is 4.72 Å². The van der Waals surface area contributed by atoms with E-state index < -0.39 is 16.1 Å². The van der Waals surface area contributed by atoms with Gasteiger partial charge >= 0.3 is 0 Å². The molecule has 2 rings (SSSR count). The molecule has 1 unspecified atom stereocenters. The molecule has 0 radical (unpaired) electrons. The molecule has 0 saturated heterocycles. The van der Waals surface area contributed by atoms with Crippen LogP contribution in [-0.4, -0.2) is 39.4 Å². The van der Waals surface area contributed by atoms with Crippen molar-refractivity contribution < 1.29 is 18.0 Å². The lowest BCUT2D eigenvalue weighted by molar-refractivity contribution is -0.123. The highest BCUT2D eigenvalue weighted by Gasteiger charge is 2.25. The van der Waals surface area contributed by atoms with Crippen LogP contribution < -0.4 is 15.4 Å². The van der Waals surface area contributed by atoms with Crippen LogP contribution >= 0.6 is 0 Å². The Balaban J connectivity index is 2.01. The van der Waals surface area contributed by atoms with E-state index >= 15 is 0 Å². The van der Waals surface area contributed by atoms with Gasteiger partial charge in [-0.3, -0.25) is 9.59 Å². The second-order valence-electron chi connectivity index (χ2n) is 5.94. The zero-order valence-electron chi connectivity index (χ0n) is 13.8. The Labute approximate surface area is 142 Å². The molecule has 1 atom stereocenters. The number of carbonyl (C=O) groups is 2. The van der Waals surface area contributed by atoms with E-state index in [-0.39, 0.29) is 22.8 Å². The molecule has 1 aliphatic rings. The molecule has 2 amide bonds. The maximum Gasteiger partial charge on any atom is 0.251 e. The molecule has 7 nitrogen and oxygen atoms in total. The van der Waals surface area contributed by atoms with E-state index in [0.29, 0.717) is 5.56 Å². The Morgan fingerprint density at radius 1 is 1.12 bits per heavy atom. The van der Waals surface area contributed by atoms with E-state index in [2.05, 4.69) is 15.4 Å². The maximum absolute atomic E-state index is 12.3. The highest BCUT2D eigenvalue weighted by Crippen LogP contribution is 2.18. The normalized spacial score (nSPS) is 16.6. The molecule has 0 aliphatic heterocycles. The minimum Gasteiger partial charge on any atom is -0.355 e. The molecule has 0 heterocycles. The van der Waals surface area contributed by atoms with Gasteiger partial charge in [-0.25, -0.2) is 8.42 Å². The summed E-state index contributed by atoms with van der Waals surface area (Å²) in [6.45, 7) is 1.51. The van der Waals surface area contributed by atoms with Gasteiger partial charge in [0.1, 0.15) is 0 Å². The zero-order valence-corrected chi connectivity index (χ0v) is 14.7. The van der Waals surface area contributed by atoms with Gasteiger partial charge in [-0.1, -0.05) is 12.8 Å². The van der Waals surface area contributed by atoms with Crippen LogP contribution in [0.4, 0.5) is 0 Å². The van der Waals surface area contributed by atoms with Crippen molar-refractivity contribution in [2.75, 3.05) is 7.05 Å². The van der Waals surface area contributed by atoms with Gasteiger partial charge in [0.25, 0.3) is 5.91 Å². The molecular formula is C16H23N3O4S. The number of sulfonamides is 1. The van der Waals surface area contributed by atoms with Gasteiger partial charge in [0.2, 0.25) is 15.9 Å².